The summed E-state index contributed by atoms with van der Waals surface area (Å²) in [5, 5.41) is 0. The Hall–Kier alpha value is -0.660. The van der Waals surface area contributed by atoms with Crippen molar-refractivity contribution in [1.82, 2.24) is 9.80 Å². The van der Waals surface area contributed by atoms with Gasteiger partial charge in [-0.3, -0.25) is 0 Å². The summed E-state index contributed by atoms with van der Waals surface area (Å²) in [6.07, 6.45) is 7.13. The lowest BCUT2D eigenvalue weighted by Crippen LogP contribution is -2.23. The molecule has 1 heterocycles. The van der Waals surface area contributed by atoms with E-state index >= 15 is 0 Å². The summed E-state index contributed by atoms with van der Waals surface area (Å²) >= 11 is 0. The van der Waals surface area contributed by atoms with Gasteiger partial charge in [-0.2, -0.15) is 0 Å². The molecule has 1 fully saturated rings. The lowest BCUT2D eigenvalue weighted by molar-refractivity contribution is 0.289. The van der Waals surface area contributed by atoms with Gasteiger partial charge in [0.2, 0.25) is 0 Å². The molecule has 9 heavy (non-hydrogen) atoms. The van der Waals surface area contributed by atoms with Gasteiger partial charge in [-0.25, -0.2) is 0 Å². The van der Waals surface area contributed by atoms with Crippen LogP contribution in [0, 0.1) is 0 Å². The molecule has 0 amide bonds. The first-order valence-electron chi connectivity index (χ1n) is 3.50. The highest BCUT2D eigenvalue weighted by molar-refractivity contribution is 4.97. The maximum absolute atomic E-state index is 2.40. The smallest absolute Gasteiger partial charge is 0.0893 e. The molecule has 0 aromatic heterocycles. The van der Waals surface area contributed by atoms with Crippen LogP contribution in [0.5, 0.6) is 0 Å². The van der Waals surface area contributed by atoms with Crippen LogP contribution in [-0.4, -0.2) is 29.6 Å². The van der Waals surface area contributed by atoms with Gasteiger partial charge in [0.15, 0.2) is 0 Å². The lowest BCUT2D eigenvalue weighted by atomic mass is 10.6. The molecular formula is C7H12N2. The maximum Gasteiger partial charge on any atom is 0.0893 e. The van der Waals surface area contributed by atoms with Crippen LogP contribution in [0.3, 0.4) is 0 Å². The zero-order valence-electron chi connectivity index (χ0n) is 5.75. The minimum Gasteiger partial charge on any atom is -0.362 e. The molecule has 2 rings (SSSR count). The van der Waals surface area contributed by atoms with Gasteiger partial charge < -0.3 is 9.80 Å². The first-order valence-corrected chi connectivity index (χ1v) is 3.50. The van der Waals surface area contributed by atoms with Gasteiger partial charge in [-0.15, -0.1) is 0 Å². The van der Waals surface area contributed by atoms with Gasteiger partial charge in [-0.05, 0) is 12.8 Å². The van der Waals surface area contributed by atoms with Gasteiger partial charge >= 0.3 is 0 Å². The van der Waals surface area contributed by atoms with E-state index in [4.69, 9.17) is 0 Å². The lowest BCUT2D eigenvalue weighted by Gasteiger charge is -2.16. The minimum absolute atomic E-state index is 0.881. The SMILES string of the molecule is CN1C=CN(C2CC2)C1. The van der Waals surface area contributed by atoms with Gasteiger partial charge in [0, 0.05) is 25.5 Å². The molecular weight excluding hydrogens is 112 g/mol. The predicted molar refractivity (Wildman–Crippen MR) is 36.6 cm³/mol. The predicted octanol–water partition coefficient (Wildman–Crippen LogP) is 0.825. The molecule has 0 aromatic carbocycles. The van der Waals surface area contributed by atoms with Crippen LogP contribution < -0.4 is 0 Å². The van der Waals surface area contributed by atoms with E-state index in [1.807, 2.05) is 0 Å². The molecule has 0 N–H and O–H groups in total. The summed E-state index contributed by atoms with van der Waals surface area (Å²) in [4.78, 5) is 4.61. The van der Waals surface area contributed by atoms with E-state index in [0.717, 1.165) is 12.7 Å². The number of rotatable bonds is 1. The fourth-order valence-corrected chi connectivity index (χ4v) is 1.19. The normalized spacial score (nSPS) is 25.9. The number of hydrogen-bond donors (Lipinski definition) is 0. The van der Waals surface area contributed by atoms with Crippen LogP contribution in [0.1, 0.15) is 12.8 Å². The van der Waals surface area contributed by atoms with Crippen molar-refractivity contribution in [3.05, 3.63) is 12.4 Å². The average Bonchev–Trinajstić information content (AvgIpc) is 2.58. The van der Waals surface area contributed by atoms with Crippen LogP contribution >= 0.6 is 0 Å². The van der Waals surface area contributed by atoms with Crippen LogP contribution in [0.2, 0.25) is 0 Å². The van der Waals surface area contributed by atoms with Crippen molar-refractivity contribution < 1.29 is 0 Å². The Balaban J connectivity index is 1.94. The van der Waals surface area contributed by atoms with Gasteiger partial charge in [-0.1, -0.05) is 0 Å². The van der Waals surface area contributed by atoms with E-state index in [0.29, 0.717) is 0 Å². The van der Waals surface area contributed by atoms with Crippen molar-refractivity contribution in [1.29, 1.82) is 0 Å². The molecule has 0 bridgehead atoms. The first-order chi connectivity index (χ1) is 4.36. The van der Waals surface area contributed by atoms with Crippen molar-refractivity contribution in [3.8, 4) is 0 Å². The molecule has 0 aromatic rings. The molecule has 0 saturated heterocycles. The molecule has 0 spiro atoms. The topological polar surface area (TPSA) is 6.48 Å². The molecule has 1 aliphatic carbocycles. The van der Waals surface area contributed by atoms with E-state index in [-0.39, 0.29) is 0 Å². The summed E-state index contributed by atoms with van der Waals surface area (Å²) < 4.78 is 0. The van der Waals surface area contributed by atoms with Crippen molar-refractivity contribution in [3.63, 3.8) is 0 Å². The third-order valence-electron chi connectivity index (χ3n) is 1.91. The summed E-state index contributed by atoms with van der Waals surface area (Å²) in [5.74, 6) is 0. The monoisotopic (exact) mass is 124 g/mol. The molecule has 2 heteroatoms. The molecule has 0 radical (unpaired) electrons. The fourth-order valence-electron chi connectivity index (χ4n) is 1.19. The highest BCUT2D eigenvalue weighted by Crippen LogP contribution is 2.28. The maximum atomic E-state index is 2.40. The Kier molecular flexibility index (Phi) is 0.949. The summed E-state index contributed by atoms with van der Waals surface area (Å²) in [5.41, 5.74) is 0. The number of nitrogens with zero attached hydrogens (tertiary/aromatic N) is 2. The molecule has 2 aliphatic rings. The largest absolute Gasteiger partial charge is 0.362 e. The third kappa shape index (κ3) is 0.889. The van der Waals surface area contributed by atoms with E-state index in [9.17, 15) is 0 Å². The van der Waals surface area contributed by atoms with Crippen LogP contribution in [0.4, 0.5) is 0 Å². The second kappa shape index (κ2) is 1.66. The molecule has 1 saturated carbocycles. The second-order valence-corrected chi connectivity index (χ2v) is 2.94. The summed E-state index contributed by atoms with van der Waals surface area (Å²) in [7, 11) is 2.11. The van der Waals surface area contributed by atoms with Crippen molar-refractivity contribution in [2.75, 3.05) is 13.7 Å². The molecule has 0 atom stereocenters. The van der Waals surface area contributed by atoms with E-state index in [1.54, 1.807) is 0 Å². The van der Waals surface area contributed by atoms with Crippen molar-refractivity contribution in [2.24, 2.45) is 0 Å². The Morgan fingerprint density at radius 1 is 1.33 bits per heavy atom. The fraction of sp³-hybridized carbons (Fsp3) is 0.714. The summed E-state index contributed by atoms with van der Waals surface area (Å²) in [6, 6.07) is 0.881. The Morgan fingerprint density at radius 2 is 2.11 bits per heavy atom. The van der Waals surface area contributed by atoms with Crippen molar-refractivity contribution in [2.45, 2.75) is 18.9 Å². The van der Waals surface area contributed by atoms with Gasteiger partial charge in [0.25, 0.3) is 0 Å². The van der Waals surface area contributed by atoms with E-state index < -0.39 is 0 Å². The number of hydrogen-bond acceptors (Lipinski definition) is 2. The minimum atomic E-state index is 0.881. The third-order valence-corrected chi connectivity index (χ3v) is 1.91. The first kappa shape index (κ1) is 5.15. The van der Waals surface area contributed by atoms with E-state index in [1.165, 1.54) is 12.8 Å². The van der Waals surface area contributed by atoms with E-state index in [2.05, 4.69) is 29.2 Å². The highest BCUT2D eigenvalue weighted by Gasteiger charge is 2.28. The second-order valence-electron chi connectivity index (χ2n) is 2.94. The molecule has 50 valence electrons. The molecule has 1 aliphatic heterocycles. The molecule has 0 unspecified atom stereocenters. The quantitative estimate of drug-likeness (QED) is 0.510. The zero-order valence-corrected chi connectivity index (χ0v) is 5.75. The Labute approximate surface area is 55.7 Å². The Morgan fingerprint density at radius 3 is 2.56 bits per heavy atom. The standard InChI is InChI=1S/C7H12N2/c1-8-4-5-9(6-8)7-2-3-7/h4-5,7H,2-3,6H2,1H3. The Bertz CT molecular complexity index is 138. The van der Waals surface area contributed by atoms with Crippen LogP contribution in [0.15, 0.2) is 12.4 Å². The van der Waals surface area contributed by atoms with Gasteiger partial charge in [0.05, 0.1) is 6.67 Å². The van der Waals surface area contributed by atoms with Crippen LogP contribution in [-0.2, 0) is 0 Å². The zero-order chi connectivity index (χ0) is 6.27. The van der Waals surface area contributed by atoms with Gasteiger partial charge in [0.1, 0.15) is 0 Å². The average molecular weight is 124 g/mol. The van der Waals surface area contributed by atoms with Crippen LogP contribution in [0.25, 0.3) is 0 Å². The highest BCUT2D eigenvalue weighted by atomic mass is 15.3. The summed E-state index contributed by atoms with van der Waals surface area (Å²) in [6.45, 7) is 1.10. The van der Waals surface area contributed by atoms with Crippen molar-refractivity contribution >= 4 is 0 Å². The molecule has 2 nitrogen and oxygen atoms in total.